The molecule has 348 valence electrons. The third kappa shape index (κ3) is 5.57. The summed E-state index contributed by atoms with van der Waals surface area (Å²) in [6, 6.07) is 100. The third-order valence-electron chi connectivity index (χ3n) is 17.1. The highest BCUT2D eigenvalue weighted by molar-refractivity contribution is 6.53. The molecular weight excluding hydrogens is 913 g/mol. The molecule has 0 spiro atoms. The van der Waals surface area contributed by atoms with Crippen LogP contribution in [0.25, 0.3) is 174 Å². The van der Waals surface area contributed by atoms with Crippen molar-refractivity contribution in [2.75, 3.05) is 0 Å². The van der Waals surface area contributed by atoms with Gasteiger partial charge in [0.1, 0.15) is 0 Å². The largest absolute Gasteiger partial charge is 0.0622 e. The Kier molecular flexibility index (Phi) is 8.65. The van der Waals surface area contributed by atoms with E-state index in [1.54, 1.807) is 0 Å². The standard InChI is InChI=1S/C76H44/c1-5-21-45(22-6-1)49-29-13-15-31-55(49)67-59-37-19-39-61-69(59)71(75-57-35-17-33-53-51(47-25-9-3-10-26-47)41-43-63(65(53)57)73(67)75)62-40-20-38-60-68(56-32-16-14-30-50(56)46-23-7-2-8-24-46)74-64-44-42-52(48-27-11-4-12-28-48)54-34-18-36-58(66(54)64)76(74)72(61)70(60)62/h1-44H. The Bertz CT molecular complexity index is 4840. The molecular formula is C76H44. The molecule has 0 aliphatic rings. The average molecular weight is 957 g/mol. The van der Waals surface area contributed by atoms with Gasteiger partial charge in [0.05, 0.1) is 0 Å². The van der Waals surface area contributed by atoms with E-state index < -0.39 is 0 Å². The van der Waals surface area contributed by atoms with Crippen LogP contribution >= 0.6 is 0 Å². The quantitative estimate of drug-likeness (QED) is 0.115. The van der Waals surface area contributed by atoms with Gasteiger partial charge in [-0.3, -0.25) is 0 Å². The lowest BCUT2D eigenvalue weighted by Gasteiger charge is -2.23. The van der Waals surface area contributed by atoms with Gasteiger partial charge in [-0.1, -0.05) is 267 Å². The Morgan fingerprint density at radius 1 is 0.118 bits per heavy atom. The van der Waals surface area contributed by atoms with Gasteiger partial charge in [-0.2, -0.15) is 0 Å². The molecule has 0 saturated carbocycles. The smallest absolute Gasteiger partial charge is 0.000696 e. The van der Waals surface area contributed by atoms with Crippen molar-refractivity contribution < 1.29 is 0 Å². The molecule has 0 aliphatic heterocycles. The lowest BCUT2D eigenvalue weighted by Crippen LogP contribution is -1.95. The maximum atomic E-state index is 2.45. The molecule has 0 radical (unpaired) electrons. The number of fused-ring (bicyclic) bond motifs is 10. The van der Waals surface area contributed by atoms with Crippen molar-refractivity contribution in [1.82, 2.24) is 0 Å². The maximum absolute atomic E-state index is 2.45. The fraction of sp³-hybridized carbons (Fsp3) is 0. The van der Waals surface area contributed by atoms with Gasteiger partial charge in [0.15, 0.2) is 0 Å². The van der Waals surface area contributed by atoms with Gasteiger partial charge in [-0.25, -0.2) is 0 Å². The van der Waals surface area contributed by atoms with Crippen LogP contribution in [-0.2, 0) is 0 Å². The summed E-state index contributed by atoms with van der Waals surface area (Å²) in [5.74, 6) is 0. The minimum Gasteiger partial charge on any atom is -0.0622 e. The predicted molar refractivity (Wildman–Crippen MR) is 328 cm³/mol. The fourth-order valence-electron chi connectivity index (χ4n) is 14.2. The average Bonchev–Trinajstić information content (AvgIpc) is 4.21. The number of benzene rings is 15. The molecule has 0 fully saturated rings. The summed E-state index contributed by atoms with van der Waals surface area (Å²) in [6.07, 6.45) is 0. The molecule has 0 amide bonds. The summed E-state index contributed by atoms with van der Waals surface area (Å²) in [6.45, 7) is 0. The van der Waals surface area contributed by atoms with Crippen LogP contribution in [0.15, 0.2) is 267 Å². The highest BCUT2D eigenvalue weighted by Gasteiger charge is 2.30. The van der Waals surface area contributed by atoms with Crippen molar-refractivity contribution in [1.29, 1.82) is 0 Å². The molecule has 76 heavy (non-hydrogen) atoms. The van der Waals surface area contributed by atoms with Crippen LogP contribution in [0.5, 0.6) is 0 Å². The van der Waals surface area contributed by atoms with Gasteiger partial charge in [-0.15, -0.1) is 0 Å². The number of hydrogen-bond donors (Lipinski definition) is 0. The van der Waals surface area contributed by atoms with E-state index in [0.29, 0.717) is 0 Å². The van der Waals surface area contributed by atoms with Crippen molar-refractivity contribution in [3.63, 3.8) is 0 Å². The minimum absolute atomic E-state index is 1.21. The third-order valence-corrected chi connectivity index (χ3v) is 17.1. The SMILES string of the molecule is c1ccc(-c2ccccc2-c2c3cccc4c3c(c3cccc5c(-c6ccccc6-c6ccccc6)c6c7ccc(-c8ccccc8)c8cccc(c87)c6c4c53)c3c4cccc5c(-c6ccccc6)ccc(c23)c54)cc1. The van der Waals surface area contributed by atoms with E-state index in [1.165, 1.54) is 174 Å². The van der Waals surface area contributed by atoms with Gasteiger partial charge in [0, 0.05) is 0 Å². The molecule has 17 aromatic carbocycles. The van der Waals surface area contributed by atoms with Gasteiger partial charge in [0.25, 0.3) is 0 Å². The van der Waals surface area contributed by atoms with Gasteiger partial charge < -0.3 is 0 Å². The van der Waals surface area contributed by atoms with Crippen LogP contribution in [0, 0.1) is 0 Å². The van der Waals surface area contributed by atoms with Crippen LogP contribution in [0.3, 0.4) is 0 Å². The summed E-state index contributed by atoms with van der Waals surface area (Å²) in [7, 11) is 0. The molecule has 0 unspecified atom stereocenters. The van der Waals surface area contributed by atoms with Crippen LogP contribution in [0.4, 0.5) is 0 Å². The molecule has 17 rings (SSSR count). The summed E-state index contributed by atoms with van der Waals surface area (Å²) in [4.78, 5) is 0. The lowest BCUT2D eigenvalue weighted by atomic mass is 9.79. The molecule has 0 heterocycles. The normalized spacial score (nSPS) is 12.2. The second-order valence-electron chi connectivity index (χ2n) is 20.8. The molecule has 17 aromatic rings. The molecule has 0 aromatic heterocycles. The Morgan fingerprint density at radius 2 is 0.382 bits per heavy atom. The Labute approximate surface area is 439 Å². The highest BCUT2D eigenvalue weighted by Crippen LogP contribution is 2.59. The van der Waals surface area contributed by atoms with Gasteiger partial charge in [0.2, 0.25) is 0 Å². The Balaban J connectivity index is 1.15. The maximum Gasteiger partial charge on any atom is -0.000696 e. The van der Waals surface area contributed by atoms with Crippen molar-refractivity contribution in [3.05, 3.63) is 267 Å². The van der Waals surface area contributed by atoms with E-state index in [1.807, 2.05) is 0 Å². The lowest BCUT2D eigenvalue weighted by molar-refractivity contribution is 1.61. The van der Waals surface area contributed by atoms with Crippen molar-refractivity contribution in [3.8, 4) is 66.8 Å². The summed E-state index contributed by atoms with van der Waals surface area (Å²) in [5.41, 5.74) is 14.9. The van der Waals surface area contributed by atoms with Crippen LogP contribution in [-0.4, -0.2) is 0 Å². The Morgan fingerprint density at radius 3 is 0.750 bits per heavy atom. The first-order valence-corrected chi connectivity index (χ1v) is 26.6. The summed E-state index contributed by atoms with van der Waals surface area (Å²) >= 11 is 0. The molecule has 0 heteroatoms. The monoisotopic (exact) mass is 956 g/mol. The van der Waals surface area contributed by atoms with Crippen LogP contribution in [0.2, 0.25) is 0 Å². The van der Waals surface area contributed by atoms with E-state index in [0.717, 1.165) is 0 Å². The molecule has 0 aliphatic carbocycles. The zero-order chi connectivity index (χ0) is 49.6. The molecule has 0 atom stereocenters. The zero-order valence-corrected chi connectivity index (χ0v) is 41.4. The van der Waals surface area contributed by atoms with Crippen LogP contribution in [0.1, 0.15) is 0 Å². The highest BCUT2D eigenvalue weighted by atomic mass is 14.3. The zero-order valence-electron chi connectivity index (χ0n) is 41.4. The van der Waals surface area contributed by atoms with E-state index in [2.05, 4.69) is 267 Å². The van der Waals surface area contributed by atoms with Crippen molar-refractivity contribution in [2.45, 2.75) is 0 Å². The van der Waals surface area contributed by atoms with E-state index in [9.17, 15) is 0 Å². The molecule has 0 bridgehead atoms. The van der Waals surface area contributed by atoms with Gasteiger partial charge in [-0.05, 0) is 174 Å². The number of hydrogen-bond acceptors (Lipinski definition) is 0. The summed E-state index contributed by atoms with van der Waals surface area (Å²) < 4.78 is 0. The van der Waals surface area contributed by atoms with Crippen LogP contribution < -0.4 is 0 Å². The number of rotatable bonds is 6. The van der Waals surface area contributed by atoms with E-state index in [4.69, 9.17) is 0 Å². The Hall–Kier alpha value is -9.88. The van der Waals surface area contributed by atoms with Crippen molar-refractivity contribution in [2.24, 2.45) is 0 Å². The van der Waals surface area contributed by atoms with E-state index in [-0.39, 0.29) is 0 Å². The second-order valence-corrected chi connectivity index (χ2v) is 20.8. The van der Waals surface area contributed by atoms with E-state index >= 15 is 0 Å². The second kappa shape index (κ2) is 15.8. The first-order chi connectivity index (χ1) is 37.8. The minimum atomic E-state index is 1.21. The molecule has 0 N–H and O–H groups in total. The topological polar surface area (TPSA) is 0 Å². The molecule has 0 saturated heterocycles. The fourth-order valence-corrected chi connectivity index (χ4v) is 14.2. The molecule has 0 nitrogen and oxygen atoms in total. The van der Waals surface area contributed by atoms with Gasteiger partial charge >= 0.3 is 0 Å². The summed E-state index contributed by atoms with van der Waals surface area (Å²) in [5, 5.41) is 26.1. The predicted octanol–water partition coefficient (Wildman–Crippen LogP) is 21.5. The first-order valence-electron chi connectivity index (χ1n) is 26.6. The van der Waals surface area contributed by atoms with Crippen molar-refractivity contribution >= 4 is 108 Å². The first kappa shape index (κ1) is 41.6.